The van der Waals surface area contributed by atoms with Crippen LogP contribution in [0.3, 0.4) is 0 Å². The molecular formula is C23H22N4O. The van der Waals surface area contributed by atoms with Gasteiger partial charge >= 0.3 is 0 Å². The summed E-state index contributed by atoms with van der Waals surface area (Å²) < 4.78 is 1.99. The molecule has 1 aliphatic rings. The number of carbonyl (C=O) groups is 1. The minimum atomic E-state index is -0.190. The summed E-state index contributed by atoms with van der Waals surface area (Å²) in [6.45, 7) is 1.47. The second kappa shape index (κ2) is 8.12. The molecule has 1 atom stereocenters. The third-order valence-corrected chi connectivity index (χ3v) is 5.22. The van der Waals surface area contributed by atoms with Crippen molar-refractivity contribution >= 4 is 11.6 Å². The molecule has 2 aromatic carbocycles. The number of hydrogen-bond acceptors (Lipinski definition) is 3. The van der Waals surface area contributed by atoms with Crippen LogP contribution in [0.5, 0.6) is 0 Å². The van der Waals surface area contributed by atoms with E-state index < -0.39 is 0 Å². The van der Waals surface area contributed by atoms with Gasteiger partial charge in [-0.2, -0.15) is 5.26 Å². The Morgan fingerprint density at radius 1 is 1.07 bits per heavy atom. The maximum absolute atomic E-state index is 13.1. The highest BCUT2D eigenvalue weighted by atomic mass is 16.2. The minimum absolute atomic E-state index is 0.00606. The van der Waals surface area contributed by atoms with E-state index in [2.05, 4.69) is 16.3 Å². The molecule has 0 aliphatic carbocycles. The van der Waals surface area contributed by atoms with Gasteiger partial charge in [0.05, 0.1) is 29.0 Å². The largest absolute Gasteiger partial charge is 0.323 e. The van der Waals surface area contributed by atoms with Crippen LogP contribution in [0.4, 0.5) is 5.69 Å². The molecule has 0 unspecified atom stereocenters. The number of amides is 1. The van der Waals surface area contributed by atoms with Crippen molar-refractivity contribution < 1.29 is 4.79 Å². The SMILES string of the molecule is N#Cc1ccccc1CN1CCC[C@H]1C(=O)Nc1ccccc1-n1cccc1. The first-order valence-electron chi connectivity index (χ1n) is 9.51. The van der Waals surface area contributed by atoms with E-state index in [0.29, 0.717) is 12.1 Å². The fraction of sp³-hybridized carbons (Fsp3) is 0.217. The van der Waals surface area contributed by atoms with Gasteiger partial charge in [-0.1, -0.05) is 30.3 Å². The molecule has 0 bridgehead atoms. The van der Waals surface area contributed by atoms with Crippen LogP contribution in [-0.4, -0.2) is 28.0 Å². The van der Waals surface area contributed by atoms with Gasteiger partial charge in [-0.3, -0.25) is 9.69 Å². The average molecular weight is 370 g/mol. The number of rotatable bonds is 5. The predicted molar refractivity (Wildman–Crippen MR) is 109 cm³/mol. The summed E-state index contributed by atoms with van der Waals surface area (Å²) in [6.07, 6.45) is 5.73. The lowest BCUT2D eigenvalue weighted by Crippen LogP contribution is -2.39. The van der Waals surface area contributed by atoms with E-state index in [4.69, 9.17) is 0 Å². The summed E-state index contributed by atoms with van der Waals surface area (Å²) in [7, 11) is 0. The fourth-order valence-corrected chi connectivity index (χ4v) is 3.81. The zero-order valence-electron chi connectivity index (χ0n) is 15.6. The van der Waals surface area contributed by atoms with E-state index in [0.717, 1.165) is 36.3 Å². The molecule has 1 aromatic heterocycles. The maximum Gasteiger partial charge on any atom is 0.241 e. The fourth-order valence-electron chi connectivity index (χ4n) is 3.81. The first-order valence-corrected chi connectivity index (χ1v) is 9.51. The van der Waals surface area contributed by atoms with Gasteiger partial charge in [0.1, 0.15) is 0 Å². The molecule has 5 heteroatoms. The summed E-state index contributed by atoms with van der Waals surface area (Å²) >= 11 is 0. The molecule has 0 spiro atoms. The molecule has 5 nitrogen and oxygen atoms in total. The normalized spacial score (nSPS) is 16.6. The van der Waals surface area contributed by atoms with Crippen molar-refractivity contribution in [2.24, 2.45) is 0 Å². The molecule has 3 aromatic rings. The monoisotopic (exact) mass is 370 g/mol. The van der Waals surface area contributed by atoms with Crippen LogP contribution in [0.2, 0.25) is 0 Å². The highest BCUT2D eigenvalue weighted by molar-refractivity contribution is 5.96. The summed E-state index contributed by atoms with van der Waals surface area (Å²) in [4.78, 5) is 15.2. The van der Waals surface area contributed by atoms with Crippen LogP contribution < -0.4 is 5.32 Å². The van der Waals surface area contributed by atoms with Gasteiger partial charge in [-0.25, -0.2) is 0 Å². The van der Waals surface area contributed by atoms with Crippen molar-refractivity contribution in [3.8, 4) is 11.8 Å². The van der Waals surface area contributed by atoms with Gasteiger partial charge < -0.3 is 9.88 Å². The van der Waals surface area contributed by atoms with E-state index >= 15 is 0 Å². The summed E-state index contributed by atoms with van der Waals surface area (Å²) in [5.74, 6) is 0.00606. The van der Waals surface area contributed by atoms with E-state index in [1.54, 1.807) is 0 Å². The first kappa shape index (κ1) is 18.0. The number of anilines is 1. The topological polar surface area (TPSA) is 61.1 Å². The van der Waals surface area contributed by atoms with Crippen LogP contribution >= 0.6 is 0 Å². The second-order valence-electron chi connectivity index (χ2n) is 6.99. The third kappa shape index (κ3) is 3.68. The predicted octanol–water partition coefficient (Wildman–Crippen LogP) is 3.95. The molecule has 1 N–H and O–H groups in total. The summed E-state index contributed by atoms with van der Waals surface area (Å²) in [5, 5.41) is 12.5. The number of nitrogens with one attached hydrogen (secondary N) is 1. The minimum Gasteiger partial charge on any atom is -0.323 e. The van der Waals surface area contributed by atoms with Crippen molar-refractivity contribution in [2.75, 3.05) is 11.9 Å². The Kier molecular flexibility index (Phi) is 5.22. The molecule has 2 heterocycles. The Hall–Kier alpha value is -3.36. The molecule has 1 fully saturated rings. The number of hydrogen-bond donors (Lipinski definition) is 1. The lowest BCUT2D eigenvalue weighted by molar-refractivity contribution is -0.120. The van der Waals surface area contributed by atoms with Crippen molar-refractivity contribution in [2.45, 2.75) is 25.4 Å². The Morgan fingerprint density at radius 3 is 2.64 bits per heavy atom. The van der Waals surface area contributed by atoms with E-state index in [-0.39, 0.29) is 11.9 Å². The number of nitrogens with zero attached hydrogens (tertiary/aromatic N) is 3. The maximum atomic E-state index is 13.1. The molecule has 0 saturated carbocycles. The van der Waals surface area contributed by atoms with Crippen LogP contribution in [0.1, 0.15) is 24.0 Å². The average Bonchev–Trinajstić information content (AvgIpc) is 3.41. The van der Waals surface area contributed by atoms with Gasteiger partial charge in [0.15, 0.2) is 0 Å². The van der Waals surface area contributed by atoms with E-state index in [9.17, 15) is 10.1 Å². The quantitative estimate of drug-likeness (QED) is 0.740. The van der Waals surface area contributed by atoms with Crippen molar-refractivity contribution in [3.63, 3.8) is 0 Å². The second-order valence-corrected chi connectivity index (χ2v) is 6.99. The molecule has 0 radical (unpaired) electrons. The van der Waals surface area contributed by atoms with Gasteiger partial charge in [0, 0.05) is 18.9 Å². The Balaban J connectivity index is 1.52. The summed E-state index contributed by atoms with van der Waals surface area (Å²) in [6, 6.07) is 21.4. The molecule has 1 aliphatic heterocycles. The highest BCUT2D eigenvalue weighted by Gasteiger charge is 2.31. The highest BCUT2D eigenvalue weighted by Crippen LogP contribution is 2.25. The van der Waals surface area contributed by atoms with E-state index in [1.165, 1.54) is 0 Å². The van der Waals surface area contributed by atoms with Crippen molar-refractivity contribution in [1.82, 2.24) is 9.47 Å². The number of carbonyl (C=O) groups excluding carboxylic acids is 1. The molecule has 1 saturated heterocycles. The zero-order valence-corrected chi connectivity index (χ0v) is 15.6. The Morgan fingerprint density at radius 2 is 1.82 bits per heavy atom. The number of likely N-dealkylation sites (tertiary alicyclic amines) is 1. The van der Waals surface area contributed by atoms with Crippen molar-refractivity contribution in [1.29, 1.82) is 5.26 Å². The van der Waals surface area contributed by atoms with Crippen LogP contribution in [0, 0.1) is 11.3 Å². The third-order valence-electron chi connectivity index (χ3n) is 5.22. The summed E-state index contributed by atoms with van der Waals surface area (Å²) in [5.41, 5.74) is 3.39. The molecular weight excluding hydrogens is 348 g/mol. The molecule has 28 heavy (non-hydrogen) atoms. The number of benzene rings is 2. The van der Waals surface area contributed by atoms with Gasteiger partial charge in [0.25, 0.3) is 0 Å². The number of nitriles is 1. The Bertz CT molecular complexity index is 1000. The molecule has 1 amide bonds. The lowest BCUT2D eigenvalue weighted by atomic mass is 10.1. The van der Waals surface area contributed by atoms with Crippen LogP contribution in [-0.2, 0) is 11.3 Å². The number of aromatic nitrogens is 1. The zero-order chi connectivity index (χ0) is 19.3. The number of para-hydroxylation sites is 2. The lowest BCUT2D eigenvalue weighted by Gasteiger charge is -2.24. The first-order chi connectivity index (χ1) is 13.8. The Labute approximate surface area is 164 Å². The van der Waals surface area contributed by atoms with E-state index in [1.807, 2.05) is 77.6 Å². The molecule has 140 valence electrons. The van der Waals surface area contributed by atoms with Gasteiger partial charge in [-0.15, -0.1) is 0 Å². The standard InChI is InChI=1S/C23H22N4O/c24-16-18-8-1-2-9-19(18)17-27-15-7-12-22(27)23(28)25-20-10-3-4-11-21(20)26-13-5-6-14-26/h1-6,8-11,13-14,22H,7,12,15,17H2,(H,25,28)/t22-/m0/s1. The van der Waals surface area contributed by atoms with Crippen LogP contribution in [0.25, 0.3) is 5.69 Å². The molecule has 4 rings (SSSR count). The van der Waals surface area contributed by atoms with Crippen LogP contribution in [0.15, 0.2) is 73.1 Å². The van der Waals surface area contributed by atoms with Gasteiger partial charge in [-0.05, 0) is 55.3 Å². The van der Waals surface area contributed by atoms with Crippen molar-refractivity contribution in [3.05, 3.63) is 84.2 Å². The van der Waals surface area contributed by atoms with Gasteiger partial charge in [0.2, 0.25) is 5.91 Å². The smallest absolute Gasteiger partial charge is 0.241 e.